The highest BCUT2D eigenvalue weighted by atomic mass is 16.3. The lowest BCUT2D eigenvalue weighted by Gasteiger charge is -2.12. The molecule has 0 aliphatic heterocycles. The fraction of sp³-hybridized carbons (Fsp3) is 0.375. The summed E-state index contributed by atoms with van der Waals surface area (Å²) in [6, 6.07) is -0.730. The Bertz CT molecular complexity index is 365. The number of carbonyl (C=O) groups excluding carboxylic acids is 1. The third-order valence-electron chi connectivity index (χ3n) is 1.68. The van der Waals surface area contributed by atoms with E-state index in [-0.39, 0.29) is 18.9 Å². The summed E-state index contributed by atoms with van der Waals surface area (Å²) in [6.07, 6.45) is 2.13. The van der Waals surface area contributed by atoms with Gasteiger partial charge in [0.25, 0.3) is 11.5 Å². The van der Waals surface area contributed by atoms with E-state index in [1.54, 1.807) is 0 Å². The Morgan fingerprint density at radius 3 is 2.67 bits per heavy atom. The van der Waals surface area contributed by atoms with Crippen LogP contribution in [0.3, 0.4) is 0 Å². The highest BCUT2D eigenvalue weighted by Gasteiger charge is 2.12. The van der Waals surface area contributed by atoms with Crippen LogP contribution in [0.4, 0.5) is 0 Å². The summed E-state index contributed by atoms with van der Waals surface area (Å²) < 4.78 is 0. The van der Waals surface area contributed by atoms with E-state index < -0.39 is 17.5 Å². The number of hydrogen-bond donors (Lipinski definition) is 4. The number of aliphatic hydroxyl groups excluding tert-OH is 2. The third kappa shape index (κ3) is 3.15. The molecule has 0 atom stereocenters. The number of nitrogens with one attached hydrogen (secondary N) is 2. The van der Waals surface area contributed by atoms with Gasteiger partial charge in [0.2, 0.25) is 0 Å². The molecule has 15 heavy (non-hydrogen) atoms. The second-order valence-corrected chi connectivity index (χ2v) is 2.83. The maximum absolute atomic E-state index is 11.4. The second-order valence-electron chi connectivity index (χ2n) is 2.83. The maximum atomic E-state index is 11.4. The lowest BCUT2D eigenvalue weighted by Crippen LogP contribution is -2.40. The monoisotopic (exact) mass is 213 g/mol. The molecule has 1 aromatic heterocycles. The van der Waals surface area contributed by atoms with Crippen LogP contribution in [-0.2, 0) is 0 Å². The Hall–Kier alpha value is -1.73. The van der Waals surface area contributed by atoms with Crippen LogP contribution >= 0.6 is 0 Å². The van der Waals surface area contributed by atoms with E-state index in [0.29, 0.717) is 0 Å². The molecule has 1 amide bonds. The first-order valence-corrected chi connectivity index (χ1v) is 4.24. The van der Waals surface area contributed by atoms with Crippen LogP contribution in [0, 0.1) is 0 Å². The number of rotatable bonds is 4. The average Bonchev–Trinajstić information content (AvgIpc) is 2.26. The third-order valence-corrected chi connectivity index (χ3v) is 1.68. The molecule has 0 spiro atoms. The van der Waals surface area contributed by atoms with E-state index in [4.69, 9.17) is 10.2 Å². The summed E-state index contributed by atoms with van der Waals surface area (Å²) in [7, 11) is 0. The number of nitrogens with zero attached hydrogens (tertiary/aromatic N) is 1. The largest absolute Gasteiger partial charge is 0.394 e. The van der Waals surface area contributed by atoms with E-state index in [0.717, 1.165) is 12.4 Å². The molecule has 0 saturated carbocycles. The number of aliphatic hydroxyl groups is 2. The van der Waals surface area contributed by atoms with Crippen LogP contribution in [0.2, 0.25) is 0 Å². The van der Waals surface area contributed by atoms with Gasteiger partial charge in [-0.3, -0.25) is 9.59 Å². The van der Waals surface area contributed by atoms with Gasteiger partial charge >= 0.3 is 0 Å². The molecule has 82 valence electrons. The van der Waals surface area contributed by atoms with Gasteiger partial charge in [0, 0.05) is 6.20 Å². The SMILES string of the molecule is O=C(NC(CO)CO)c1c[nH]c(=O)cn1. The maximum Gasteiger partial charge on any atom is 0.271 e. The molecule has 0 aliphatic rings. The summed E-state index contributed by atoms with van der Waals surface area (Å²) in [6.45, 7) is -0.739. The van der Waals surface area contributed by atoms with Gasteiger partial charge in [-0.15, -0.1) is 0 Å². The van der Waals surface area contributed by atoms with Gasteiger partial charge < -0.3 is 20.5 Å². The number of amides is 1. The van der Waals surface area contributed by atoms with Crippen molar-refractivity contribution in [3.05, 3.63) is 28.4 Å². The van der Waals surface area contributed by atoms with Crippen molar-refractivity contribution in [2.75, 3.05) is 13.2 Å². The van der Waals surface area contributed by atoms with Crippen molar-refractivity contribution in [3.8, 4) is 0 Å². The topological polar surface area (TPSA) is 115 Å². The van der Waals surface area contributed by atoms with E-state index >= 15 is 0 Å². The number of hydrogen-bond acceptors (Lipinski definition) is 5. The van der Waals surface area contributed by atoms with E-state index in [2.05, 4.69) is 15.3 Å². The van der Waals surface area contributed by atoms with Gasteiger partial charge in [-0.25, -0.2) is 4.98 Å². The summed E-state index contributed by atoms with van der Waals surface area (Å²) >= 11 is 0. The molecule has 0 fully saturated rings. The molecule has 0 aliphatic carbocycles. The Kier molecular flexibility index (Phi) is 3.95. The summed E-state index contributed by atoms with van der Waals surface area (Å²) in [5.74, 6) is -0.570. The molecule has 0 bridgehead atoms. The molecule has 4 N–H and O–H groups in total. The molecule has 0 saturated heterocycles. The zero-order valence-electron chi connectivity index (χ0n) is 7.80. The van der Waals surface area contributed by atoms with E-state index in [1.165, 1.54) is 0 Å². The normalized spacial score (nSPS) is 10.3. The van der Waals surface area contributed by atoms with Crippen LogP contribution in [0.15, 0.2) is 17.2 Å². The Labute approximate surface area is 84.8 Å². The predicted molar refractivity (Wildman–Crippen MR) is 50.3 cm³/mol. The number of carbonyl (C=O) groups is 1. The van der Waals surface area contributed by atoms with Gasteiger partial charge in [0.05, 0.1) is 25.5 Å². The molecule has 1 heterocycles. The standard InChI is InChI=1S/C8H11N3O4/c12-3-5(4-13)11-8(15)6-1-10-7(14)2-9-6/h1-2,5,12-13H,3-4H2,(H,10,14)(H,11,15). The Balaban J connectivity index is 2.68. The minimum absolute atomic E-state index is 0.0153. The first-order valence-electron chi connectivity index (χ1n) is 4.24. The van der Waals surface area contributed by atoms with Crippen molar-refractivity contribution in [3.63, 3.8) is 0 Å². The molecule has 0 radical (unpaired) electrons. The number of aromatic amines is 1. The van der Waals surface area contributed by atoms with Crippen molar-refractivity contribution < 1.29 is 15.0 Å². The van der Waals surface area contributed by atoms with Crippen molar-refractivity contribution in [1.82, 2.24) is 15.3 Å². The number of aromatic nitrogens is 2. The van der Waals surface area contributed by atoms with E-state index in [1.807, 2.05) is 0 Å². The smallest absolute Gasteiger partial charge is 0.271 e. The summed E-state index contributed by atoms with van der Waals surface area (Å²) in [5.41, 5.74) is -0.395. The van der Waals surface area contributed by atoms with Crippen LogP contribution < -0.4 is 10.9 Å². The minimum Gasteiger partial charge on any atom is -0.394 e. The Morgan fingerprint density at radius 1 is 1.53 bits per heavy atom. The zero-order valence-corrected chi connectivity index (χ0v) is 7.80. The van der Waals surface area contributed by atoms with Gasteiger partial charge in [-0.2, -0.15) is 0 Å². The van der Waals surface area contributed by atoms with Gasteiger partial charge in [0.1, 0.15) is 5.69 Å². The fourth-order valence-corrected chi connectivity index (χ4v) is 0.875. The van der Waals surface area contributed by atoms with Crippen LogP contribution in [0.1, 0.15) is 10.5 Å². The minimum atomic E-state index is -0.730. The van der Waals surface area contributed by atoms with Crippen LogP contribution in [0.25, 0.3) is 0 Å². The molecule has 0 aromatic carbocycles. The fourth-order valence-electron chi connectivity index (χ4n) is 0.875. The number of H-pyrrole nitrogens is 1. The van der Waals surface area contributed by atoms with Crippen LogP contribution in [0.5, 0.6) is 0 Å². The molecule has 1 rings (SSSR count). The molecule has 7 nitrogen and oxygen atoms in total. The predicted octanol–water partition coefficient (Wildman–Crippen LogP) is -2.15. The molecule has 7 heteroatoms. The molecular formula is C8H11N3O4. The van der Waals surface area contributed by atoms with Gasteiger partial charge in [-0.1, -0.05) is 0 Å². The first kappa shape index (κ1) is 11.3. The first-order chi connectivity index (χ1) is 7.17. The van der Waals surface area contributed by atoms with Crippen molar-refractivity contribution in [2.45, 2.75) is 6.04 Å². The van der Waals surface area contributed by atoms with Crippen LogP contribution in [-0.4, -0.2) is 45.3 Å². The Morgan fingerprint density at radius 2 is 2.20 bits per heavy atom. The van der Waals surface area contributed by atoms with Crippen molar-refractivity contribution in [2.24, 2.45) is 0 Å². The van der Waals surface area contributed by atoms with Crippen molar-refractivity contribution >= 4 is 5.91 Å². The average molecular weight is 213 g/mol. The van der Waals surface area contributed by atoms with Gasteiger partial charge in [-0.05, 0) is 0 Å². The molecule has 1 aromatic rings. The quantitative estimate of drug-likeness (QED) is 0.455. The lowest BCUT2D eigenvalue weighted by atomic mass is 10.3. The van der Waals surface area contributed by atoms with Crippen molar-refractivity contribution in [1.29, 1.82) is 0 Å². The highest BCUT2D eigenvalue weighted by molar-refractivity contribution is 5.92. The second kappa shape index (κ2) is 5.23. The van der Waals surface area contributed by atoms with E-state index in [9.17, 15) is 9.59 Å². The van der Waals surface area contributed by atoms with Gasteiger partial charge in [0.15, 0.2) is 0 Å². The molecular weight excluding hydrogens is 202 g/mol. The highest BCUT2D eigenvalue weighted by Crippen LogP contribution is 1.89. The summed E-state index contributed by atoms with van der Waals surface area (Å²) in [4.78, 5) is 27.9. The zero-order chi connectivity index (χ0) is 11.3. The molecule has 0 unspecified atom stereocenters. The lowest BCUT2D eigenvalue weighted by molar-refractivity contribution is 0.0874. The summed E-state index contributed by atoms with van der Waals surface area (Å²) in [5, 5.41) is 19.8.